The molecule has 0 saturated carbocycles. The number of carbonyl (C=O) groups is 1. The predicted molar refractivity (Wildman–Crippen MR) is 89.3 cm³/mol. The van der Waals surface area contributed by atoms with Crippen molar-refractivity contribution in [2.75, 3.05) is 6.54 Å². The SMILES string of the molecule is C=CC(=O)NCCn1cc(CCCC)c2cnc(Br)cc21. The van der Waals surface area contributed by atoms with Gasteiger partial charge >= 0.3 is 0 Å². The van der Waals surface area contributed by atoms with Gasteiger partial charge in [-0.2, -0.15) is 0 Å². The van der Waals surface area contributed by atoms with Crippen molar-refractivity contribution in [3.8, 4) is 0 Å². The first-order chi connectivity index (χ1) is 10.2. The second kappa shape index (κ2) is 7.41. The Hall–Kier alpha value is -1.62. The molecule has 2 heterocycles. The van der Waals surface area contributed by atoms with Gasteiger partial charge in [-0.3, -0.25) is 4.79 Å². The van der Waals surface area contributed by atoms with E-state index >= 15 is 0 Å². The second-order valence-corrected chi connectivity index (χ2v) is 5.78. The van der Waals surface area contributed by atoms with E-state index in [0.29, 0.717) is 6.54 Å². The lowest BCUT2D eigenvalue weighted by atomic mass is 10.1. The van der Waals surface area contributed by atoms with Crippen LogP contribution >= 0.6 is 15.9 Å². The maximum absolute atomic E-state index is 11.2. The lowest BCUT2D eigenvalue weighted by molar-refractivity contribution is -0.116. The summed E-state index contributed by atoms with van der Waals surface area (Å²) in [6.45, 7) is 6.97. The molecule has 112 valence electrons. The summed E-state index contributed by atoms with van der Waals surface area (Å²) in [7, 11) is 0. The molecule has 0 bridgehead atoms. The largest absolute Gasteiger partial charge is 0.351 e. The van der Waals surface area contributed by atoms with Gasteiger partial charge in [0, 0.05) is 30.9 Å². The van der Waals surface area contributed by atoms with Crippen molar-refractivity contribution in [2.24, 2.45) is 0 Å². The number of carbonyl (C=O) groups excluding carboxylic acids is 1. The molecule has 0 unspecified atom stereocenters. The van der Waals surface area contributed by atoms with E-state index < -0.39 is 0 Å². The van der Waals surface area contributed by atoms with E-state index in [-0.39, 0.29) is 5.91 Å². The van der Waals surface area contributed by atoms with Gasteiger partial charge in [-0.05, 0) is 46.5 Å². The molecule has 1 N–H and O–H groups in total. The van der Waals surface area contributed by atoms with Gasteiger partial charge in [0.1, 0.15) is 4.60 Å². The zero-order chi connectivity index (χ0) is 15.2. The van der Waals surface area contributed by atoms with Crippen LogP contribution in [0.5, 0.6) is 0 Å². The minimum atomic E-state index is -0.138. The fraction of sp³-hybridized carbons (Fsp3) is 0.375. The Balaban J connectivity index is 2.22. The molecule has 0 aromatic carbocycles. The highest BCUT2D eigenvalue weighted by atomic mass is 79.9. The third-order valence-electron chi connectivity index (χ3n) is 3.45. The molecule has 0 aliphatic heterocycles. The van der Waals surface area contributed by atoms with Crippen molar-refractivity contribution in [1.82, 2.24) is 14.9 Å². The lowest BCUT2D eigenvalue weighted by Gasteiger charge is -2.06. The van der Waals surface area contributed by atoms with Crippen molar-refractivity contribution >= 4 is 32.7 Å². The zero-order valence-electron chi connectivity index (χ0n) is 12.2. The van der Waals surface area contributed by atoms with Crippen LogP contribution in [-0.4, -0.2) is 22.0 Å². The summed E-state index contributed by atoms with van der Waals surface area (Å²) in [5.74, 6) is -0.138. The maximum Gasteiger partial charge on any atom is 0.243 e. The normalized spacial score (nSPS) is 10.8. The molecule has 0 aliphatic rings. The quantitative estimate of drug-likeness (QED) is 0.614. The van der Waals surface area contributed by atoms with E-state index in [9.17, 15) is 4.79 Å². The summed E-state index contributed by atoms with van der Waals surface area (Å²) in [4.78, 5) is 15.5. The molecule has 0 atom stereocenters. The second-order valence-electron chi connectivity index (χ2n) is 4.97. The van der Waals surface area contributed by atoms with Crippen molar-refractivity contribution < 1.29 is 4.79 Å². The molecule has 4 nitrogen and oxygen atoms in total. The number of pyridine rings is 1. The lowest BCUT2D eigenvalue weighted by Crippen LogP contribution is -2.24. The van der Waals surface area contributed by atoms with Gasteiger partial charge in [-0.1, -0.05) is 19.9 Å². The monoisotopic (exact) mass is 349 g/mol. The standard InChI is InChI=1S/C16H20BrN3O/c1-3-5-6-12-11-20(8-7-18-16(21)4-2)14-9-15(17)19-10-13(12)14/h4,9-11H,2-3,5-8H2,1H3,(H,18,21). The highest BCUT2D eigenvalue weighted by molar-refractivity contribution is 9.10. The molecule has 0 spiro atoms. The summed E-state index contributed by atoms with van der Waals surface area (Å²) in [5, 5.41) is 4.00. The van der Waals surface area contributed by atoms with Crippen LogP contribution in [0.25, 0.3) is 10.9 Å². The fourth-order valence-corrected chi connectivity index (χ4v) is 2.67. The van der Waals surface area contributed by atoms with Crippen LogP contribution < -0.4 is 5.32 Å². The van der Waals surface area contributed by atoms with Gasteiger partial charge in [0.2, 0.25) is 5.91 Å². The van der Waals surface area contributed by atoms with E-state index in [2.05, 4.69) is 50.5 Å². The van der Waals surface area contributed by atoms with Crippen LogP contribution in [0.2, 0.25) is 0 Å². The van der Waals surface area contributed by atoms with E-state index in [4.69, 9.17) is 0 Å². The highest BCUT2D eigenvalue weighted by Crippen LogP contribution is 2.24. The molecular formula is C16H20BrN3O. The van der Waals surface area contributed by atoms with Crippen LogP contribution in [0, 0.1) is 0 Å². The first-order valence-electron chi connectivity index (χ1n) is 7.19. The number of rotatable bonds is 7. The van der Waals surface area contributed by atoms with Crippen LogP contribution in [0.1, 0.15) is 25.3 Å². The summed E-state index contributed by atoms with van der Waals surface area (Å²) in [6.07, 6.45) is 8.79. The van der Waals surface area contributed by atoms with Crippen LogP contribution in [-0.2, 0) is 17.8 Å². The van der Waals surface area contributed by atoms with Crippen molar-refractivity contribution in [3.63, 3.8) is 0 Å². The molecule has 2 rings (SSSR count). The van der Waals surface area contributed by atoms with Gasteiger partial charge in [-0.15, -0.1) is 0 Å². The number of hydrogen-bond acceptors (Lipinski definition) is 2. The Morgan fingerprint density at radius 2 is 2.38 bits per heavy atom. The molecule has 1 amide bonds. The molecule has 21 heavy (non-hydrogen) atoms. The van der Waals surface area contributed by atoms with Crippen LogP contribution in [0.3, 0.4) is 0 Å². The number of unbranched alkanes of at least 4 members (excludes halogenated alkanes) is 1. The molecule has 0 saturated heterocycles. The van der Waals surface area contributed by atoms with E-state index in [1.165, 1.54) is 29.9 Å². The topological polar surface area (TPSA) is 46.9 Å². The van der Waals surface area contributed by atoms with E-state index in [1.54, 1.807) is 0 Å². The minimum Gasteiger partial charge on any atom is -0.351 e. The Morgan fingerprint density at radius 1 is 1.57 bits per heavy atom. The number of fused-ring (bicyclic) bond motifs is 1. The first kappa shape index (κ1) is 15.8. The van der Waals surface area contributed by atoms with Gasteiger partial charge in [0.25, 0.3) is 0 Å². The maximum atomic E-state index is 11.2. The molecule has 0 aliphatic carbocycles. The Kier molecular flexibility index (Phi) is 5.56. The highest BCUT2D eigenvalue weighted by Gasteiger charge is 2.09. The van der Waals surface area contributed by atoms with Gasteiger partial charge in [-0.25, -0.2) is 4.98 Å². The summed E-state index contributed by atoms with van der Waals surface area (Å²) < 4.78 is 3.00. The zero-order valence-corrected chi connectivity index (χ0v) is 13.8. The number of nitrogens with zero attached hydrogens (tertiary/aromatic N) is 2. The fourth-order valence-electron chi connectivity index (χ4n) is 2.36. The van der Waals surface area contributed by atoms with E-state index in [1.807, 2.05) is 12.3 Å². The average molecular weight is 350 g/mol. The summed E-state index contributed by atoms with van der Waals surface area (Å²) >= 11 is 3.42. The van der Waals surface area contributed by atoms with Crippen molar-refractivity contribution in [1.29, 1.82) is 0 Å². The third-order valence-corrected chi connectivity index (χ3v) is 3.89. The van der Waals surface area contributed by atoms with Gasteiger partial charge in [0.05, 0.1) is 5.52 Å². The Bertz CT molecular complexity index is 648. The first-order valence-corrected chi connectivity index (χ1v) is 7.98. The van der Waals surface area contributed by atoms with Crippen LogP contribution in [0.4, 0.5) is 0 Å². The number of hydrogen-bond donors (Lipinski definition) is 1. The molecular weight excluding hydrogens is 330 g/mol. The number of nitrogens with one attached hydrogen (secondary N) is 1. The molecule has 0 radical (unpaired) electrons. The third kappa shape index (κ3) is 3.94. The Morgan fingerprint density at radius 3 is 3.10 bits per heavy atom. The van der Waals surface area contributed by atoms with E-state index in [0.717, 1.165) is 23.1 Å². The summed E-state index contributed by atoms with van der Waals surface area (Å²) in [5.41, 5.74) is 2.47. The molecule has 2 aromatic heterocycles. The Labute approximate surface area is 133 Å². The number of amides is 1. The molecule has 2 aromatic rings. The summed E-state index contributed by atoms with van der Waals surface area (Å²) in [6, 6.07) is 2.03. The van der Waals surface area contributed by atoms with Gasteiger partial charge < -0.3 is 9.88 Å². The number of halogens is 1. The molecule has 0 fully saturated rings. The van der Waals surface area contributed by atoms with Crippen molar-refractivity contribution in [2.45, 2.75) is 32.7 Å². The van der Waals surface area contributed by atoms with Crippen LogP contribution in [0.15, 0.2) is 35.7 Å². The predicted octanol–water partition coefficient (Wildman–Crippen LogP) is 3.44. The van der Waals surface area contributed by atoms with Gasteiger partial charge in [0.15, 0.2) is 0 Å². The number of aromatic nitrogens is 2. The average Bonchev–Trinajstić information content (AvgIpc) is 2.82. The number of aryl methyl sites for hydroxylation is 1. The smallest absolute Gasteiger partial charge is 0.243 e. The minimum absolute atomic E-state index is 0.138. The molecule has 5 heteroatoms. The van der Waals surface area contributed by atoms with Crippen molar-refractivity contribution in [3.05, 3.63) is 41.3 Å².